The highest BCUT2D eigenvalue weighted by Crippen LogP contribution is 2.33. The van der Waals surface area contributed by atoms with Crippen molar-refractivity contribution < 1.29 is 24.2 Å². The van der Waals surface area contributed by atoms with Crippen molar-refractivity contribution in [2.45, 2.75) is 39.2 Å². The molecular formula is C31H32N2O5S. The molecule has 1 aliphatic heterocycles. The molecule has 1 amide bonds. The zero-order valence-corrected chi connectivity index (χ0v) is 22.9. The third-order valence-corrected chi connectivity index (χ3v) is 7.10. The molecule has 1 aliphatic rings. The number of aliphatic imine (C=N–C) groups is 1. The smallest absolute Gasteiger partial charge is 0.307 e. The molecule has 1 fully saturated rings. The summed E-state index contributed by atoms with van der Waals surface area (Å²) in [6, 6.07) is 22.5. The minimum absolute atomic E-state index is 0.0392. The van der Waals surface area contributed by atoms with Crippen LogP contribution in [0.2, 0.25) is 0 Å². The van der Waals surface area contributed by atoms with E-state index in [1.165, 1.54) is 29.5 Å². The molecule has 0 saturated carbocycles. The van der Waals surface area contributed by atoms with Crippen molar-refractivity contribution >= 4 is 40.6 Å². The second-order valence-corrected chi connectivity index (χ2v) is 10.2. The largest absolute Gasteiger partial charge is 0.494 e. The second-order valence-electron chi connectivity index (χ2n) is 9.16. The second kappa shape index (κ2) is 13.7. The van der Waals surface area contributed by atoms with Crippen molar-refractivity contribution in [2.24, 2.45) is 4.99 Å². The minimum Gasteiger partial charge on any atom is -0.494 e. The van der Waals surface area contributed by atoms with Crippen molar-refractivity contribution in [1.29, 1.82) is 0 Å². The van der Waals surface area contributed by atoms with Gasteiger partial charge in [-0.2, -0.15) is 0 Å². The Morgan fingerprint density at radius 3 is 2.23 bits per heavy atom. The van der Waals surface area contributed by atoms with E-state index >= 15 is 0 Å². The lowest BCUT2D eigenvalue weighted by molar-refractivity contribution is -0.136. The lowest BCUT2D eigenvalue weighted by Crippen LogP contribution is -2.23. The normalized spacial score (nSPS) is 15.2. The molecule has 0 atom stereocenters. The first kappa shape index (κ1) is 28.0. The number of hydrogen-bond donors (Lipinski definition) is 1. The number of carboxylic acids is 1. The highest BCUT2D eigenvalue weighted by atomic mass is 32.2. The van der Waals surface area contributed by atoms with Crippen LogP contribution in [0.15, 0.2) is 82.7 Å². The third-order valence-electron chi connectivity index (χ3n) is 6.04. The van der Waals surface area contributed by atoms with Gasteiger partial charge in [-0.15, -0.1) is 0 Å². The van der Waals surface area contributed by atoms with Crippen LogP contribution < -0.4 is 9.47 Å². The highest BCUT2D eigenvalue weighted by Gasteiger charge is 2.30. The molecule has 3 aromatic carbocycles. The number of nitrogens with zero attached hydrogens (tertiary/aromatic N) is 2. The van der Waals surface area contributed by atoms with Crippen LogP contribution in [0.1, 0.15) is 42.9 Å². The number of likely N-dealkylation sites (N-methyl/N-ethyl adjacent to an activating group) is 1. The average Bonchev–Trinajstić information content (AvgIpc) is 3.19. The first-order valence-electron chi connectivity index (χ1n) is 12.9. The summed E-state index contributed by atoms with van der Waals surface area (Å²) in [4.78, 5) is 30.3. The molecule has 1 saturated heterocycles. The fraction of sp³-hybridized carbons (Fsp3) is 0.258. The van der Waals surface area contributed by atoms with Gasteiger partial charge in [0, 0.05) is 7.05 Å². The van der Waals surface area contributed by atoms with Crippen molar-refractivity contribution in [3.63, 3.8) is 0 Å². The van der Waals surface area contributed by atoms with Crippen molar-refractivity contribution in [2.75, 3.05) is 13.7 Å². The number of carboxylic acid groups (broad SMARTS) is 1. The number of thioether (sulfide) groups is 1. The number of amides is 1. The summed E-state index contributed by atoms with van der Waals surface area (Å²) in [6.45, 7) is 3.37. The summed E-state index contributed by atoms with van der Waals surface area (Å²) >= 11 is 1.30. The molecule has 1 N–H and O–H groups in total. The van der Waals surface area contributed by atoms with Gasteiger partial charge in [0.2, 0.25) is 0 Å². The van der Waals surface area contributed by atoms with Crippen LogP contribution in [0, 0.1) is 0 Å². The Morgan fingerprint density at radius 2 is 1.56 bits per heavy atom. The fourth-order valence-corrected chi connectivity index (χ4v) is 4.81. The SMILES string of the molecule is CCCCCOc1ccc(COc2ccc(C=C3SC(=Nc4ccc(CC(=O)O)cc4)N(C)C3=O)cc2)cc1. The number of carbonyl (C=O) groups is 2. The van der Waals surface area contributed by atoms with E-state index in [-0.39, 0.29) is 12.3 Å². The van der Waals surface area contributed by atoms with Crippen LogP contribution in [-0.2, 0) is 22.6 Å². The Hall–Kier alpha value is -4.04. The molecule has 0 aliphatic carbocycles. The predicted molar refractivity (Wildman–Crippen MR) is 155 cm³/mol. The van der Waals surface area contributed by atoms with E-state index < -0.39 is 5.97 Å². The molecule has 7 nitrogen and oxygen atoms in total. The van der Waals surface area contributed by atoms with Crippen LogP contribution in [0.3, 0.4) is 0 Å². The monoisotopic (exact) mass is 544 g/mol. The van der Waals surface area contributed by atoms with Gasteiger partial charge < -0.3 is 14.6 Å². The maximum Gasteiger partial charge on any atom is 0.307 e. The van der Waals surface area contributed by atoms with Crippen LogP contribution >= 0.6 is 11.8 Å². The first-order valence-corrected chi connectivity index (χ1v) is 13.7. The number of hydrogen-bond acceptors (Lipinski definition) is 6. The summed E-state index contributed by atoms with van der Waals surface area (Å²) in [7, 11) is 1.69. The van der Waals surface area contributed by atoms with Gasteiger partial charge in [0.15, 0.2) is 5.17 Å². The van der Waals surface area contributed by atoms with Gasteiger partial charge in [-0.05, 0) is 77.3 Å². The van der Waals surface area contributed by atoms with Gasteiger partial charge in [0.05, 0.1) is 23.6 Å². The zero-order valence-electron chi connectivity index (χ0n) is 22.1. The van der Waals surface area contributed by atoms with E-state index in [9.17, 15) is 9.59 Å². The molecule has 1 heterocycles. The van der Waals surface area contributed by atoms with Crippen molar-refractivity contribution in [1.82, 2.24) is 4.90 Å². The Bertz CT molecular complexity index is 1330. The molecule has 0 radical (unpaired) electrons. The number of unbranched alkanes of at least 4 members (excludes halogenated alkanes) is 2. The summed E-state index contributed by atoms with van der Waals surface area (Å²) in [5.41, 5.74) is 3.30. The average molecular weight is 545 g/mol. The van der Waals surface area contributed by atoms with Gasteiger partial charge in [-0.1, -0.05) is 56.2 Å². The topological polar surface area (TPSA) is 88.4 Å². The number of rotatable bonds is 12. The molecule has 202 valence electrons. The standard InChI is InChI=1S/C31H32N2O5S/c1-3-4-5-18-37-26-16-10-24(11-17-26)21-38-27-14-8-22(9-15-27)19-28-30(36)33(2)31(39-28)32-25-12-6-23(7-13-25)20-29(34)35/h6-17,19H,3-5,18,20-21H2,1-2H3,(H,34,35). The Morgan fingerprint density at radius 1 is 0.923 bits per heavy atom. The van der Waals surface area contributed by atoms with Gasteiger partial charge >= 0.3 is 5.97 Å². The van der Waals surface area contributed by atoms with E-state index in [0.717, 1.165) is 35.7 Å². The molecule has 0 spiro atoms. The molecule has 4 rings (SSSR count). The lowest BCUT2D eigenvalue weighted by atomic mass is 10.1. The van der Waals surface area contributed by atoms with E-state index in [0.29, 0.717) is 27.9 Å². The predicted octanol–water partition coefficient (Wildman–Crippen LogP) is 6.70. The molecule has 0 unspecified atom stereocenters. The number of aliphatic carboxylic acids is 1. The summed E-state index contributed by atoms with van der Waals surface area (Å²) in [5, 5.41) is 9.48. The van der Waals surface area contributed by atoms with Crippen molar-refractivity contribution in [3.05, 3.63) is 94.4 Å². The summed E-state index contributed by atoms with van der Waals surface area (Å²) < 4.78 is 11.7. The Balaban J connectivity index is 1.32. The number of benzene rings is 3. The molecular weight excluding hydrogens is 512 g/mol. The maximum atomic E-state index is 12.8. The minimum atomic E-state index is -0.881. The molecule has 0 bridgehead atoms. The van der Waals surface area contributed by atoms with Crippen molar-refractivity contribution in [3.8, 4) is 11.5 Å². The van der Waals surface area contributed by atoms with Crippen LogP contribution in [0.4, 0.5) is 5.69 Å². The molecule has 3 aromatic rings. The first-order chi connectivity index (χ1) is 18.9. The lowest BCUT2D eigenvalue weighted by Gasteiger charge is -2.09. The number of carbonyl (C=O) groups excluding carboxylic acids is 1. The maximum absolute atomic E-state index is 12.8. The van der Waals surface area contributed by atoms with Gasteiger partial charge in [0.1, 0.15) is 18.1 Å². The van der Waals surface area contributed by atoms with E-state index in [1.807, 2.05) is 54.6 Å². The van der Waals surface area contributed by atoms with E-state index in [1.54, 1.807) is 31.3 Å². The quantitative estimate of drug-likeness (QED) is 0.202. The number of ether oxygens (including phenoxy) is 2. The molecule has 0 aromatic heterocycles. The third kappa shape index (κ3) is 8.22. The van der Waals surface area contributed by atoms with Gasteiger partial charge in [-0.3, -0.25) is 14.5 Å². The van der Waals surface area contributed by atoms with Gasteiger partial charge in [0.25, 0.3) is 5.91 Å². The summed E-state index contributed by atoms with van der Waals surface area (Å²) in [6.07, 6.45) is 5.22. The van der Waals surface area contributed by atoms with Gasteiger partial charge in [-0.25, -0.2) is 4.99 Å². The fourth-order valence-electron chi connectivity index (χ4n) is 3.83. The van der Waals surface area contributed by atoms with Crippen LogP contribution in [-0.4, -0.2) is 40.7 Å². The Labute approximate surface area is 233 Å². The van der Waals surface area contributed by atoms with Crippen LogP contribution in [0.5, 0.6) is 11.5 Å². The molecule has 8 heteroatoms. The zero-order chi connectivity index (χ0) is 27.6. The Kier molecular flexibility index (Phi) is 9.80. The summed E-state index contributed by atoms with van der Waals surface area (Å²) in [5.74, 6) is 0.611. The highest BCUT2D eigenvalue weighted by molar-refractivity contribution is 8.18. The van der Waals surface area contributed by atoms with Crippen LogP contribution in [0.25, 0.3) is 6.08 Å². The number of amidine groups is 1. The molecule has 39 heavy (non-hydrogen) atoms. The van der Waals surface area contributed by atoms with E-state index in [2.05, 4.69) is 11.9 Å². The van der Waals surface area contributed by atoms with E-state index in [4.69, 9.17) is 14.6 Å².